The van der Waals surface area contributed by atoms with Crippen LogP contribution in [0.2, 0.25) is 0 Å². The highest BCUT2D eigenvalue weighted by Gasteiger charge is 2.30. The predicted octanol–water partition coefficient (Wildman–Crippen LogP) is 4.77. The first-order valence-electron chi connectivity index (χ1n) is 8.85. The summed E-state index contributed by atoms with van der Waals surface area (Å²) in [4.78, 5) is 12.1. The average Bonchev–Trinajstić information content (AvgIpc) is 2.73. The number of carbonyl (C=O) groups excluding carboxylic acids is 1. The molecule has 0 atom stereocenters. The molecule has 0 radical (unpaired) electrons. The second kappa shape index (κ2) is 8.68. The zero-order valence-corrected chi connectivity index (χ0v) is 16.9. The molecule has 0 heterocycles. The molecule has 1 amide bonds. The van der Waals surface area contributed by atoms with Crippen molar-refractivity contribution < 1.29 is 31.1 Å². The van der Waals surface area contributed by atoms with Crippen molar-refractivity contribution in [2.24, 2.45) is 0 Å². The van der Waals surface area contributed by atoms with Gasteiger partial charge in [-0.2, -0.15) is 13.2 Å². The Hall–Kier alpha value is -3.53. The molecule has 0 saturated heterocycles. The fourth-order valence-corrected chi connectivity index (χ4v) is 3.74. The lowest BCUT2D eigenvalue weighted by Gasteiger charge is -2.14. The molecule has 0 unspecified atom stereocenters. The summed E-state index contributed by atoms with van der Waals surface area (Å²) in [6.07, 6.45) is -4.58. The molecule has 0 bridgehead atoms. The van der Waals surface area contributed by atoms with Crippen molar-refractivity contribution >= 4 is 27.3 Å². The smallest absolute Gasteiger partial charge is 0.416 e. The third-order valence-corrected chi connectivity index (χ3v) is 5.61. The van der Waals surface area contributed by atoms with Crippen molar-refractivity contribution in [1.29, 1.82) is 0 Å². The van der Waals surface area contributed by atoms with Crippen molar-refractivity contribution in [3.05, 3.63) is 83.9 Å². The van der Waals surface area contributed by atoms with Crippen LogP contribution < -0.4 is 14.8 Å². The van der Waals surface area contributed by atoms with Crippen LogP contribution >= 0.6 is 0 Å². The summed E-state index contributed by atoms with van der Waals surface area (Å²) in [6, 6.07) is 15.8. The molecule has 0 aliphatic rings. The number of para-hydroxylation sites is 1. The van der Waals surface area contributed by atoms with E-state index in [1.807, 2.05) is 0 Å². The molecular weight excluding hydrogens is 433 g/mol. The minimum atomic E-state index is -4.58. The first-order valence-corrected chi connectivity index (χ1v) is 10.3. The first kappa shape index (κ1) is 22.2. The van der Waals surface area contributed by atoms with E-state index in [2.05, 4.69) is 10.0 Å². The fourth-order valence-electron chi connectivity index (χ4n) is 2.68. The van der Waals surface area contributed by atoms with E-state index in [-0.39, 0.29) is 21.9 Å². The van der Waals surface area contributed by atoms with Crippen molar-refractivity contribution in [2.45, 2.75) is 11.1 Å². The number of carbonyl (C=O) groups is 1. The van der Waals surface area contributed by atoms with Crippen LogP contribution in [-0.2, 0) is 16.2 Å². The molecule has 10 heteroatoms. The SMILES string of the molecule is COc1ccc(C(=O)Nc2ccccc2)cc1NS(=O)(=O)c1ccc(C(F)(F)F)cc1. The number of anilines is 2. The summed E-state index contributed by atoms with van der Waals surface area (Å²) in [7, 11) is -2.92. The monoisotopic (exact) mass is 450 g/mol. The van der Waals surface area contributed by atoms with Gasteiger partial charge in [0.05, 0.1) is 23.3 Å². The minimum absolute atomic E-state index is 0.0388. The number of sulfonamides is 1. The van der Waals surface area contributed by atoms with Crippen LogP contribution in [0.15, 0.2) is 77.7 Å². The van der Waals surface area contributed by atoms with Crippen molar-refractivity contribution in [1.82, 2.24) is 0 Å². The summed E-state index contributed by atoms with van der Waals surface area (Å²) >= 11 is 0. The molecule has 0 aliphatic heterocycles. The number of nitrogens with one attached hydrogen (secondary N) is 2. The third-order valence-electron chi connectivity index (χ3n) is 4.23. The van der Waals surface area contributed by atoms with E-state index < -0.39 is 27.7 Å². The van der Waals surface area contributed by atoms with Gasteiger partial charge in [-0.3, -0.25) is 9.52 Å². The number of hydrogen-bond donors (Lipinski definition) is 2. The van der Waals surface area contributed by atoms with Gasteiger partial charge < -0.3 is 10.1 Å². The summed E-state index contributed by atoms with van der Waals surface area (Å²) in [5.74, 6) is -0.351. The number of alkyl halides is 3. The number of methoxy groups -OCH3 is 1. The Morgan fingerprint density at radius 1 is 0.935 bits per heavy atom. The van der Waals surface area contributed by atoms with Crippen molar-refractivity contribution in [3.8, 4) is 5.75 Å². The summed E-state index contributed by atoms with van der Waals surface area (Å²) in [5.41, 5.74) is -0.309. The maximum Gasteiger partial charge on any atom is 0.416 e. The maximum absolute atomic E-state index is 12.7. The lowest BCUT2D eigenvalue weighted by atomic mass is 10.1. The molecule has 3 aromatic rings. The second-order valence-electron chi connectivity index (χ2n) is 6.36. The molecule has 0 spiro atoms. The topological polar surface area (TPSA) is 84.5 Å². The molecule has 0 saturated carbocycles. The van der Waals surface area contributed by atoms with Crippen molar-refractivity contribution in [3.63, 3.8) is 0 Å². The molecule has 0 aliphatic carbocycles. The number of amides is 1. The van der Waals surface area contributed by atoms with Crippen LogP contribution in [0, 0.1) is 0 Å². The van der Waals surface area contributed by atoms with Crippen LogP contribution in [0.5, 0.6) is 5.75 Å². The average molecular weight is 450 g/mol. The third kappa shape index (κ3) is 5.34. The van der Waals surface area contributed by atoms with Gasteiger partial charge in [0, 0.05) is 11.3 Å². The second-order valence-corrected chi connectivity index (χ2v) is 8.05. The van der Waals surface area contributed by atoms with Gasteiger partial charge in [-0.1, -0.05) is 18.2 Å². The van der Waals surface area contributed by atoms with Gasteiger partial charge in [-0.25, -0.2) is 8.42 Å². The molecule has 6 nitrogen and oxygen atoms in total. The van der Waals surface area contributed by atoms with Gasteiger partial charge in [0.25, 0.3) is 15.9 Å². The molecule has 3 aromatic carbocycles. The van der Waals surface area contributed by atoms with Crippen LogP contribution in [0.4, 0.5) is 24.5 Å². The molecule has 31 heavy (non-hydrogen) atoms. The Morgan fingerprint density at radius 2 is 1.58 bits per heavy atom. The Labute approximate surface area is 176 Å². The quantitative estimate of drug-likeness (QED) is 0.567. The van der Waals surface area contributed by atoms with Crippen molar-refractivity contribution in [2.75, 3.05) is 17.1 Å². The molecule has 0 fully saturated rings. The zero-order chi connectivity index (χ0) is 22.6. The fraction of sp³-hybridized carbons (Fsp3) is 0.0952. The normalized spacial score (nSPS) is 11.6. The Morgan fingerprint density at radius 3 is 2.16 bits per heavy atom. The van der Waals surface area contributed by atoms with E-state index in [4.69, 9.17) is 4.74 Å². The lowest BCUT2D eigenvalue weighted by molar-refractivity contribution is -0.137. The summed E-state index contributed by atoms with van der Waals surface area (Å²) < 4.78 is 70.9. The first-order chi connectivity index (χ1) is 14.6. The molecule has 2 N–H and O–H groups in total. The van der Waals surface area contributed by atoms with Crippen LogP contribution in [0.25, 0.3) is 0 Å². The predicted molar refractivity (Wildman–Crippen MR) is 110 cm³/mol. The molecule has 3 rings (SSSR count). The highest BCUT2D eigenvalue weighted by Crippen LogP contribution is 2.31. The zero-order valence-electron chi connectivity index (χ0n) is 16.1. The van der Waals surface area contributed by atoms with E-state index in [9.17, 15) is 26.4 Å². The number of benzene rings is 3. The standard InChI is InChI=1S/C21H17F3N2O4S/c1-30-19-12-7-14(20(27)25-16-5-3-2-4-6-16)13-18(19)26-31(28,29)17-10-8-15(9-11-17)21(22,23)24/h2-13,26H,1H3,(H,25,27). The van der Waals surface area contributed by atoms with E-state index in [1.165, 1.54) is 25.3 Å². The van der Waals surface area contributed by atoms with E-state index in [0.717, 1.165) is 12.1 Å². The van der Waals surface area contributed by atoms with Gasteiger partial charge in [0.2, 0.25) is 0 Å². The highest BCUT2D eigenvalue weighted by molar-refractivity contribution is 7.92. The number of rotatable bonds is 6. The van der Waals surface area contributed by atoms with Gasteiger partial charge in [0.15, 0.2) is 0 Å². The lowest BCUT2D eigenvalue weighted by Crippen LogP contribution is -2.16. The summed E-state index contributed by atoms with van der Waals surface area (Å²) in [6.45, 7) is 0. The van der Waals surface area contributed by atoms with E-state index in [0.29, 0.717) is 17.8 Å². The largest absolute Gasteiger partial charge is 0.495 e. The Kier molecular flexibility index (Phi) is 6.21. The van der Waals surface area contributed by atoms with E-state index >= 15 is 0 Å². The number of ether oxygens (including phenoxy) is 1. The van der Waals surface area contributed by atoms with Gasteiger partial charge in [-0.15, -0.1) is 0 Å². The maximum atomic E-state index is 12.7. The van der Waals surface area contributed by atoms with Crippen LogP contribution in [0.3, 0.4) is 0 Å². The molecule has 0 aromatic heterocycles. The number of hydrogen-bond acceptors (Lipinski definition) is 4. The van der Waals surface area contributed by atoms with Gasteiger partial charge in [-0.05, 0) is 54.6 Å². The van der Waals surface area contributed by atoms with Crippen LogP contribution in [-0.4, -0.2) is 21.4 Å². The Bertz CT molecular complexity index is 1180. The van der Waals surface area contributed by atoms with Crippen LogP contribution in [0.1, 0.15) is 15.9 Å². The van der Waals surface area contributed by atoms with Gasteiger partial charge in [0.1, 0.15) is 5.75 Å². The van der Waals surface area contributed by atoms with E-state index in [1.54, 1.807) is 30.3 Å². The summed E-state index contributed by atoms with van der Waals surface area (Å²) in [5, 5.41) is 2.67. The Balaban J connectivity index is 1.87. The van der Waals surface area contributed by atoms with Gasteiger partial charge >= 0.3 is 6.18 Å². The minimum Gasteiger partial charge on any atom is -0.495 e. The molecule has 162 valence electrons. The highest BCUT2D eigenvalue weighted by atomic mass is 32.2. The molecular formula is C21H17F3N2O4S. The number of halogens is 3.